The molecular weight excluding hydrogens is 438 g/mol. The summed E-state index contributed by atoms with van der Waals surface area (Å²) in [6.07, 6.45) is 5.42. The predicted molar refractivity (Wildman–Crippen MR) is 127 cm³/mol. The van der Waals surface area contributed by atoms with Crippen molar-refractivity contribution in [3.05, 3.63) is 33.8 Å². The van der Waals surface area contributed by atoms with Crippen molar-refractivity contribution in [3.63, 3.8) is 0 Å². The molecule has 4 rings (SSSR count). The van der Waals surface area contributed by atoms with Gasteiger partial charge >= 0.3 is 6.09 Å². The maximum atomic E-state index is 13.2. The van der Waals surface area contributed by atoms with E-state index in [0.717, 1.165) is 18.4 Å². The zero-order valence-corrected chi connectivity index (χ0v) is 20.4. The highest BCUT2D eigenvalue weighted by molar-refractivity contribution is 5.97. The van der Waals surface area contributed by atoms with E-state index in [9.17, 15) is 19.5 Å². The second-order valence-electron chi connectivity index (χ2n) is 10.5. The monoisotopic (exact) mass is 471 g/mol. The lowest BCUT2D eigenvalue weighted by molar-refractivity contribution is 0.0270. The van der Waals surface area contributed by atoms with E-state index in [1.165, 1.54) is 4.52 Å². The number of amides is 2. The van der Waals surface area contributed by atoms with Crippen LogP contribution in [-0.2, 0) is 11.3 Å². The van der Waals surface area contributed by atoms with Crippen LogP contribution < -0.4 is 10.9 Å². The van der Waals surface area contributed by atoms with Crippen molar-refractivity contribution in [3.8, 4) is 5.88 Å². The highest BCUT2D eigenvalue weighted by Crippen LogP contribution is 2.30. The number of nitrogens with one attached hydrogen (secondary N) is 1. The van der Waals surface area contributed by atoms with Crippen LogP contribution in [0.5, 0.6) is 5.88 Å². The molecule has 184 valence electrons. The topological polar surface area (TPSA) is 118 Å². The number of carbonyl (C=O) groups excluding carboxylic acids is 2. The van der Waals surface area contributed by atoms with Crippen LogP contribution in [0.3, 0.4) is 0 Å². The second-order valence-corrected chi connectivity index (χ2v) is 10.5. The van der Waals surface area contributed by atoms with Crippen molar-refractivity contribution in [2.75, 3.05) is 13.1 Å². The Balaban J connectivity index is 1.73. The normalized spacial score (nSPS) is 16.6. The minimum Gasteiger partial charge on any atom is -0.494 e. The Morgan fingerprint density at radius 3 is 2.56 bits per heavy atom. The number of hydrogen-bond donors (Lipinski definition) is 2. The summed E-state index contributed by atoms with van der Waals surface area (Å²) in [4.78, 5) is 40.0. The number of aromatic hydroxyl groups is 1. The highest BCUT2D eigenvalue weighted by atomic mass is 16.6. The van der Waals surface area contributed by atoms with Crippen LogP contribution in [0.4, 0.5) is 4.79 Å². The molecule has 2 N–H and O–H groups in total. The molecule has 2 amide bonds. The first-order valence-electron chi connectivity index (χ1n) is 11.8. The average Bonchev–Trinajstić information content (AvgIpc) is 3.44. The molecule has 0 bridgehead atoms. The Hall–Kier alpha value is -3.30. The molecule has 1 aliphatic carbocycles. The molecule has 0 unspecified atom stereocenters. The van der Waals surface area contributed by atoms with E-state index < -0.39 is 17.1 Å². The first kappa shape index (κ1) is 23.8. The van der Waals surface area contributed by atoms with Gasteiger partial charge in [0.25, 0.3) is 11.5 Å². The smallest absolute Gasteiger partial charge is 0.410 e. The van der Waals surface area contributed by atoms with E-state index >= 15 is 0 Å². The van der Waals surface area contributed by atoms with Gasteiger partial charge in [-0.05, 0) is 51.5 Å². The Labute approximate surface area is 198 Å². The van der Waals surface area contributed by atoms with Crippen LogP contribution in [0, 0.1) is 5.92 Å². The molecule has 0 aromatic carbocycles. The van der Waals surface area contributed by atoms with Crippen LogP contribution in [0.15, 0.2) is 17.1 Å². The molecule has 10 nitrogen and oxygen atoms in total. The van der Waals surface area contributed by atoms with Crippen molar-refractivity contribution < 1.29 is 19.4 Å². The molecule has 1 fully saturated rings. The zero-order valence-electron chi connectivity index (χ0n) is 20.4. The summed E-state index contributed by atoms with van der Waals surface area (Å²) in [5.41, 5.74) is 0.549. The maximum absolute atomic E-state index is 13.2. The third-order valence-electron chi connectivity index (χ3n) is 5.78. The maximum Gasteiger partial charge on any atom is 0.410 e. The molecule has 10 heteroatoms. The summed E-state index contributed by atoms with van der Waals surface area (Å²) in [7, 11) is 0. The minimum atomic E-state index is -0.649. The van der Waals surface area contributed by atoms with Gasteiger partial charge in [-0.15, -0.1) is 0 Å². The Morgan fingerprint density at radius 2 is 2.00 bits per heavy atom. The molecule has 34 heavy (non-hydrogen) atoms. The van der Waals surface area contributed by atoms with Crippen molar-refractivity contribution in [2.24, 2.45) is 5.92 Å². The van der Waals surface area contributed by atoms with Crippen LogP contribution in [0.1, 0.15) is 69.8 Å². The van der Waals surface area contributed by atoms with Crippen LogP contribution in [0.25, 0.3) is 11.2 Å². The van der Waals surface area contributed by atoms with Crippen molar-refractivity contribution in [1.29, 1.82) is 0 Å². The summed E-state index contributed by atoms with van der Waals surface area (Å²) in [6, 6.07) is 0.0500. The highest BCUT2D eigenvalue weighted by Gasteiger charge is 2.31. The molecule has 0 atom stereocenters. The SMILES string of the molecule is CC(C)Cn1c(O)c(C(=O)NC2CC2)c(=O)n2ncc(C3=CCN(C(=O)OC(C)(C)C)CC3)c12. The molecule has 0 spiro atoms. The van der Waals surface area contributed by atoms with Gasteiger partial charge in [-0.3, -0.25) is 14.2 Å². The number of fused-ring (bicyclic) bond motifs is 1. The van der Waals surface area contributed by atoms with Crippen molar-refractivity contribution >= 4 is 23.2 Å². The van der Waals surface area contributed by atoms with Gasteiger partial charge in [0, 0.05) is 31.2 Å². The molecular formula is C24H33N5O5. The summed E-state index contributed by atoms with van der Waals surface area (Å²) in [6.45, 7) is 10.7. The molecule has 2 aliphatic rings. The fourth-order valence-electron chi connectivity index (χ4n) is 4.04. The summed E-state index contributed by atoms with van der Waals surface area (Å²) < 4.78 is 8.25. The number of nitrogens with zero attached hydrogens (tertiary/aromatic N) is 4. The van der Waals surface area contributed by atoms with E-state index in [0.29, 0.717) is 37.3 Å². The van der Waals surface area contributed by atoms with E-state index in [2.05, 4.69) is 10.4 Å². The average molecular weight is 472 g/mol. The Bertz CT molecular complexity index is 1210. The van der Waals surface area contributed by atoms with Crippen LogP contribution >= 0.6 is 0 Å². The van der Waals surface area contributed by atoms with E-state index in [-0.39, 0.29) is 29.5 Å². The third-order valence-corrected chi connectivity index (χ3v) is 5.78. The van der Waals surface area contributed by atoms with Crippen molar-refractivity contribution in [1.82, 2.24) is 24.4 Å². The largest absolute Gasteiger partial charge is 0.494 e. The molecule has 2 aromatic heterocycles. The fraction of sp³-hybridized carbons (Fsp3) is 0.583. The minimum absolute atomic E-state index is 0.0500. The fourth-order valence-corrected chi connectivity index (χ4v) is 4.04. The molecule has 2 aromatic rings. The number of carbonyl (C=O) groups is 2. The predicted octanol–water partition coefficient (Wildman–Crippen LogP) is 2.77. The zero-order chi connectivity index (χ0) is 24.8. The molecule has 0 radical (unpaired) electrons. The number of rotatable bonds is 5. The van der Waals surface area contributed by atoms with Gasteiger partial charge in [0.05, 0.1) is 6.20 Å². The van der Waals surface area contributed by atoms with Gasteiger partial charge in [-0.2, -0.15) is 9.61 Å². The van der Waals surface area contributed by atoms with E-state index in [1.54, 1.807) is 15.7 Å². The molecule has 0 saturated heterocycles. The summed E-state index contributed by atoms with van der Waals surface area (Å²) in [5.74, 6) is -0.786. The number of hydrogen-bond acceptors (Lipinski definition) is 6. The van der Waals surface area contributed by atoms with E-state index in [1.807, 2.05) is 40.7 Å². The van der Waals surface area contributed by atoms with Crippen LogP contribution in [0.2, 0.25) is 0 Å². The number of aromatic nitrogens is 3. The van der Waals surface area contributed by atoms with Gasteiger partial charge in [0.1, 0.15) is 11.2 Å². The molecule has 1 aliphatic heterocycles. The quantitative estimate of drug-likeness (QED) is 0.692. The molecule has 1 saturated carbocycles. The lowest BCUT2D eigenvalue weighted by atomic mass is 10.0. The van der Waals surface area contributed by atoms with E-state index in [4.69, 9.17) is 4.74 Å². The van der Waals surface area contributed by atoms with Crippen LogP contribution in [-0.4, -0.2) is 60.9 Å². The van der Waals surface area contributed by atoms with Gasteiger partial charge in [0.2, 0.25) is 5.88 Å². The number of ether oxygens (including phenoxy) is 1. The first-order chi connectivity index (χ1) is 16.0. The Kier molecular flexibility index (Phi) is 6.18. The molecule has 3 heterocycles. The van der Waals surface area contributed by atoms with Gasteiger partial charge in [0.15, 0.2) is 5.56 Å². The van der Waals surface area contributed by atoms with Crippen molar-refractivity contribution in [2.45, 2.75) is 72.1 Å². The lowest BCUT2D eigenvalue weighted by Crippen LogP contribution is -2.39. The van der Waals surface area contributed by atoms with Gasteiger partial charge in [-0.25, -0.2) is 4.79 Å². The first-order valence-corrected chi connectivity index (χ1v) is 11.8. The second kappa shape index (κ2) is 8.81. The lowest BCUT2D eigenvalue weighted by Gasteiger charge is -2.29. The standard InChI is InChI=1S/C24H33N5O5/c1-14(2)13-28-20-17(15-8-10-27(11-9-15)23(33)34-24(3,4)5)12-25-29(20)22(32)18(21(28)31)19(30)26-16-6-7-16/h8,12,14,16,31H,6-7,9-11,13H2,1-5H3,(H,26,30). The Morgan fingerprint density at radius 1 is 1.29 bits per heavy atom. The summed E-state index contributed by atoms with van der Waals surface area (Å²) >= 11 is 0. The van der Waals surface area contributed by atoms with Gasteiger partial charge in [-0.1, -0.05) is 19.9 Å². The third kappa shape index (κ3) is 4.80. The summed E-state index contributed by atoms with van der Waals surface area (Å²) in [5, 5.41) is 18.1. The van der Waals surface area contributed by atoms with Gasteiger partial charge < -0.3 is 20.1 Å².